The summed E-state index contributed by atoms with van der Waals surface area (Å²) in [5, 5.41) is 3.54. The molecule has 0 aromatic carbocycles. The lowest BCUT2D eigenvalue weighted by Gasteiger charge is -2.20. The van der Waals surface area contributed by atoms with Gasteiger partial charge in [0.2, 0.25) is 0 Å². The highest BCUT2D eigenvalue weighted by Crippen LogP contribution is 2.45. The lowest BCUT2D eigenvalue weighted by Crippen LogP contribution is -2.36. The maximum Gasteiger partial charge on any atom is 0.132 e. The molecule has 3 heteroatoms. The van der Waals surface area contributed by atoms with Gasteiger partial charge in [0.25, 0.3) is 0 Å². The summed E-state index contributed by atoms with van der Waals surface area (Å²) >= 11 is 0. The summed E-state index contributed by atoms with van der Waals surface area (Å²) in [6.45, 7) is 14.2. The third-order valence-corrected chi connectivity index (χ3v) is 4.14. The first-order chi connectivity index (χ1) is 9.28. The number of nitrogens with zero attached hydrogens (tertiary/aromatic N) is 2. The van der Waals surface area contributed by atoms with Crippen LogP contribution in [-0.4, -0.2) is 22.1 Å². The summed E-state index contributed by atoms with van der Waals surface area (Å²) in [7, 11) is 0. The van der Waals surface area contributed by atoms with Gasteiger partial charge in [0.15, 0.2) is 0 Å². The van der Waals surface area contributed by atoms with Gasteiger partial charge in [-0.15, -0.1) is 0 Å². The molecule has 2 rings (SSSR count). The smallest absolute Gasteiger partial charge is 0.132 e. The Kier molecular flexibility index (Phi) is 4.48. The van der Waals surface area contributed by atoms with E-state index in [1.54, 1.807) is 0 Å². The fraction of sp³-hybridized carbons (Fsp3) is 0.765. The first kappa shape index (κ1) is 15.4. The maximum atomic E-state index is 4.74. The Labute approximate surface area is 123 Å². The molecule has 0 aliphatic heterocycles. The molecule has 20 heavy (non-hydrogen) atoms. The van der Waals surface area contributed by atoms with E-state index in [2.05, 4.69) is 46.9 Å². The molecule has 112 valence electrons. The number of aromatic nitrogens is 2. The molecular weight excluding hydrogens is 246 g/mol. The van der Waals surface area contributed by atoms with Crippen LogP contribution in [0.3, 0.4) is 0 Å². The van der Waals surface area contributed by atoms with Crippen LogP contribution in [0.25, 0.3) is 0 Å². The second kappa shape index (κ2) is 5.80. The first-order valence-corrected chi connectivity index (χ1v) is 7.87. The lowest BCUT2D eigenvalue weighted by atomic mass is 10.0. The molecule has 1 aromatic rings. The van der Waals surface area contributed by atoms with Gasteiger partial charge in [-0.25, -0.2) is 9.97 Å². The minimum atomic E-state index is 0.201. The van der Waals surface area contributed by atoms with Crippen molar-refractivity contribution in [1.29, 1.82) is 0 Å². The third-order valence-electron chi connectivity index (χ3n) is 4.14. The Morgan fingerprint density at radius 1 is 1.15 bits per heavy atom. The van der Waals surface area contributed by atoms with Crippen molar-refractivity contribution in [3.8, 4) is 0 Å². The Hall–Kier alpha value is -0.960. The second-order valence-electron chi connectivity index (χ2n) is 7.33. The summed E-state index contributed by atoms with van der Waals surface area (Å²) in [6, 6.07) is 0. The highest BCUT2D eigenvalue weighted by Gasteiger charge is 2.36. The highest BCUT2D eigenvalue weighted by atomic mass is 14.9. The normalized spacial score (nSPS) is 22.1. The predicted molar refractivity (Wildman–Crippen MR) is 84.1 cm³/mol. The Bertz CT molecular complexity index is 451. The van der Waals surface area contributed by atoms with Crippen LogP contribution >= 0.6 is 0 Å². The fourth-order valence-corrected chi connectivity index (χ4v) is 2.70. The van der Waals surface area contributed by atoms with Gasteiger partial charge in [-0.05, 0) is 71.9 Å². The second-order valence-corrected chi connectivity index (χ2v) is 7.33. The zero-order chi connectivity index (χ0) is 14.9. The fourth-order valence-electron chi connectivity index (χ4n) is 2.70. The van der Waals surface area contributed by atoms with Crippen molar-refractivity contribution in [2.45, 2.75) is 72.3 Å². The van der Waals surface area contributed by atoms with Gasteiger partial charge in [-0.1, -0.05) is 6.92 Å². The van der Waals surface area contributed by atoms with Gasteiger partial charge in [-0.3, -0.25) is 0 Å². The van der Waals surface area contributed by atoms with Crippen molar-refractivity contribution in [3.63, 3.8) is 0 Å². The molecule has 1 aliphatic carbocycles. The monoisotopic (exact) mass is 275 g/mol. The minimum Gasteiger partial charge on any atom is -0.312 e. The minimum absolute atomic E-state index is 0.201. The number of hydrogen-bond donors (Lipinski definition) is 1. The molecule has 1 heterocycles. The lowest BCUT2D eigenvalue weighted by molar-refractivity contribution is 0.422. The largest absolute Gasteiger partial charge is 0.312 e. The van der Waals surface area contributed by atoms with Gasteiger partial charge < -0.3 is 5.32 Å². The van der Waals surface area contributed by atoms with E-state index < -0.39 is 0 Å². The van der Waals surface area contributed by atoms with Crippen molar-refractivity contribution >= 4 is 0 Å². The molecule has 1 aliphatic rings. The van der Waals surface area contributed by atoms with Crippen LogP contribution in [0.1, 0.15) is 69.2 Å². The van der Waals surface area contributed by atoms with Crippen LogP contribution in [0, 0.1) is 19.8 Å². The van der Waals surface area contributed by atoms with E-state index in [1.807, 2.05) is 0 Å². The maximum absolute atomic E-state index is 4.74. The molecular formula is C17H29N3. The molecule has 1 N–H and O–H groups in total. The van der Waals surface area contributed by atoms with Crippen LogP contribution in [-0.2, 0) is 6.42 Å². The van der Waals surface area contributed by atoms with E-state index in [0.717, 1.165) is 31.1 Å². The number of aryl methyl sites for hydroxylation is 2. The van der Waals surface area contributed by atoms with E-state index in [4.69, 9.17) is 9.97 Å². The average Bonchev–Trinajstić information content (AvgIpc) is 3.03. The quantitative estimate of drug-likeness (QED) is 0.835. The SMILES string of the molecule is Cc1nc(C2CC2C)nc(C)c1CCCNC(C)(C)C. The molecule has 0 spiro atoms. The topological polar surface area (TPSA) is 37.8 Å². The number of nitrogens with one attached hydrogen (secondary N) is 1. The summed E-state index contributed by atoms with van der Waals surface area (Å²) in [6.07, 6.45) is 3.47. The highest BCUT2D eigenvalue weighted by molar-refractivity contribution is 5.26. The summed E-state index contributed by atoms with van der Waals surface area (Å²) in [5.74, 6) is 2.46. The van der Waals surface area contributed by atoms with Gasteiger partial charge in [0.1, 0.15) is 5.82 Å². The van der Waals surface area contributed by atoms with Crippen LogP contribution in [0.15, 0.2) is 0 Å². The van der Waals surface area contributed by atoms with Crippen LogP contribution in [0.2, 0.25) is 0 Å². The Morgan fingerprint density at radius 3 is 2.15 bits per heavy atom. The molecule has 0 amide bonds. The molecule has 1 fully saturated rings. The summed E-state index contributed by atoms with van der Waals surface area (Å²) in [4.78, 5) is 9.48. The molecule has 0 bridgehead atoms. The van der Waals surface area contributed by atoms with Crippen LogP contribution in [0.4, 0.5) is 0 Å². The first-order valence-electron chi connectivity index (χ1n) is 7.87. The summed E-state index contributed by atoms with van der Waals surface area (Å²) < 4.78 is 0. The van der Waals surface area contributed by atoms with Crippen molar-refractivity contribution in [2.75, 3.05) is 6.54 Å². The van der Waals surface area contributed by atoms with Crippen LogP contribution < -0.4 is 5.32 Å². The van der Waals surface area contributed by atoms with E-state index in [0.29, 0.717) is 5.92 Å². The number of rotatable bonds is 5. The Morgan fingerprint density at radius 2 is 1.70 bits per heavy atom. The summed E-state index contributed by atoms with van der Waals surface area (Å²) in [5.41, 5.74) is 3.91. The Balaban J connectivity index is 1.95. The average molecular weight is 275 g/mol. The standard InChI is InChI=1S/C17H29N3/c1-11-10-15(11)16-19-12(2)14(13(3)20-16)8-7-9-18-17(4,5)6/h11,15,18H,7-10H2,1-6H3. The molecule has 2 atom stereocenters. The molecule has 3 nitrogen and oxygen atoms in total. The van der Waals surface area contributed by atoms with E-state index in [9.17, 15) is 0 Å². The van der Waals surface area contributed by atoms with Crippen LogP contribution in [0.5, 0.6) is 0 Å². The van der Waals surface area contributed by atoms with Crippen molar-refractivity contribution < 1.29 is 0 Å². The molecule has 1 aromatic heterocycles. The van der Waals surface area contributed by atoms with Gasteiger partial charge >= 0.3 is 0 Å². The molecule has 0 saturated heterocycles. The molecule has 2 unspecified atom stereocenters. The molecule has 0 radical (unpaired) electrons. The third kappa shape index (κ3) is 4.02. The molecule has 1 saturated carbocycles. The van der Waals surface area contributed by atoms with Gasteiger partial charge in [0.05, 0.1) is 0 Å². The van der Waals surface area contributed by atoms with Gasteiger partial charge in [0, 0.05) is 22.8 Å². The number of hydrogen-bond acceptors (Lipinski definition) is 3. The van der Waals surface area contributed by atoms with Crippen molar-refractivity contribution in [2.24, 2.45) is 5.92 Å². The van der Waals surface area contributed by atoms with Crippen molar-refractivity contribution in [1.82, 2.24) is 15.3 Å². The van der Waals surface area contributed by atoms with Gasteiger partial charge in [-0.2, -0.15) is 0 Å². The predicted octanol–water partition coefficient (Wildman–Crippen LogP) is 3.54. The van der Waals surface area contributed by atoms with E-state index in [1.165, 1.54) is 23.4 Å². The van der Waals surface area contributed by atoms with E-state index in [-0.39, 0.29) is 5.54 Å². The van der Waals surface area contributed by atoms with E-state index >= 15 is 0 Å². The zero-order valence-corrected chi connectivity index (χ0v) is 13.9. The van der Waals surface area contributed by atoms with Crippen molar-refractivity contribution in [3.05, 3.63) is 22.8 Å². The zero-order valence-electron chi connectivity index (χ0n) is 13.9.